The predicted molar refractivity (Wildman–Crippen MR) is 97.6 cm³/mol. The van der Waals surface area contributed by atoms with Crippen molar-refractivity contribution in [3.05, 3.63) is 29.8 Å². The summed E-state index contributed by atoms with van der Waals surface area (Å²) in [5.41, 5.74) is 1.00. The zero-order chi connectivity index (χ0) is 18.5. The van der Waals surface area contributed by atoms with Gasteiger partial charge in [0.25, 0.3) is 5.91 Å². The summed E-state index contributed by atoms with van der Waals surface area (Å²) in [4.78, 5) is 22.2. The number of benzene rings is 1. The number of hydrazone groups is 2. The van der Waals surface area contributed by atoms with Gasteiger partial charge < -0.3 is 14.8 Å². The van der Waals surface area contributed by atoms with Crippen molar-refractivity contribution in [2.75, 3.05) is 18.2 Å². The first-order valence-electron chi connectivity index (χ1n) is 7.76. The Hall–Kier alpha value is -2.54. The van der Waals surface area contributed by atoms with Crippen molar-refractivity contribution in [3.8, 4) is 0 Å². The van der Waals surface area contributed by atoms with Gasteiger partial charge in [-0.05, 0) is 25.0 Å². The van der Waals surface area contributed by atoms with Gasteiger partial charge in [0.1, 0.15) is 6.79 Å². The normalized spacial score (nSPS) is 15.8. The second-order valence-electron chi connectivity index (χ2n) is 4.64. The number of piperidine rings is 1. The lowest BCUT2D eigenvalue weighted by Crippen LogP contribution is -2.42. The number of hydrogen-bond donors (Lipinski definition) is 1. The Morgan fingerprint density at radius 3 is 2.38 bits per heavy atom. The quantitative estimate of drug-likeness (QED) is 0.675. The van der Waals surface area contributed by atoms with Gasteiger partial charge in [-0.1, -0.05) is 26.0 Å². The van der Waals surface area contributed by atoms with Crippen molar-refractivity contribution >= 4 is 31.8 Å². The number of carbonyl (C=O) groups is 2. The molecule has 1 atom stereocenters. The topological polar surface area (TPSA) is 85.6 Å². The molecule has 0 bridgehead atoms. The van der Waals surface area contributed by atoms with Gasteiger partial charge >= 0.3 is 0 Å². The zero-order valence-corrected chi connectivity index (χ0v) is 14.4. The molecule has 1 fully saturated rings. The van der Waals surface area contributed by atoms with Gasteiger partial charge in [-0.25, -0.2) is 0 Å². The number of anilines is 1. The molecule has 1 saturated heterocycles. The van der Waals surface area contributed by atoms with Gasteiger partial charge in [-0.2, -0.15) is 15.3 Å². The number of nitrogens with zero attached hydrogens (tertiary/aromatic N) is 4. The summed E-state index contributed by atoms with van der Waals surface area (Å²) in [5, 5.41) is 18.3. The van der Waals surface area contributed by atoms with Crippen LogP contribution in [-0.2, 0) is 4.79 Å². The average molecular weight is 334 g/mol. The molecule has 1 heterocycles. The fraction of sp³-hybridized carbons (Fsp3) is 0.412. The van der Waals surface area contributed by atoms with Crippen LogP contribution in [0.1, 0.15) is 37.0 Å². The van der Waals surface area contributed by atoms with E-state index in [0.717, 1.165) is 12.8 Å². The molecular formula is C17H26N4O3. The highest BCUT2D eigenvalue weighted by molar-refractivity contribution is 5.99. The van der Waals surface area contributed by atoms with E-state index in [1.807, 2.05) is 20.6 Å². The van der Waals surface area contributed by atoms with Gasteiger partial charge in [0.15, 0.2) is 0 Å². The first-order valence-corrected chi connectivity index (χ1v) is 7.76. The molecule has 1 N–H and O–H groups in total. The minimum absolute atomic E-state index is 0.142. The van der Waals surface area contributed by atoms with Gasteiger partial charge in [0.2, 0.25) is 0 Å². The highest BCUT2D eigenvalue weighted by atomic mass is 16.3. The van der Waals surface area contributed by atoms with Gasteiger partial charge in [0.05, 0.1) is 17.4 Å². The monoisotopic (exact) mass is 334 g/mol. The fourth-order valence-corrected chi connectivity index (χ4v) is 2.34. The van der Waals surface area contributed by atoms with Crippen molar-refractivity contribution in [3.63, 3.8) is 0 Å². The molecule has 0 spiro atoms. The van der Waals surface area contributed by atoms with Crippen LogP contribution in [0.2, 0.25) is 0 Å². The molecule has 0 unspecified atom stereocenters. The third kappa shape index (κ3) is 5.58. The molecule has 1 amide bonds. The predicted octanol–water partition coefficient (Wildman–Crippen LogP) is 2.16. The minimum Gasteiger partial charge on any atom is -0.391 e. The van der Waals surface area contributed by atoms with Crippen molar-refractivity contribution in [2.24, 2.45) is 10.2 Å². The van der Waals surface area contributed by atoms with Crippen molar-refractivity contribution in [2.45, 2.75) is 32.8 Å². The zero-order valence-electron chi connectivity index (χ0n) is 14.4. The molecule has 2 rings (SSSR count). The molecule has 0 aromatic heterocycles. The first-order chi connectivity index (χ1) is 11.7. The number of aliphatic hydroxyl groups excluding tert-OH is 1. The van der Waals surface area contributed by atoms with Gasteiger partial charge in [0, 0.05) is 26.5 Å². The second-order valence-corrected chi connectivity index (χ2v) is 4.64. The van der Waals surface area contributed by atoms with E-state index in [4.69, 9.17) is 4.79 Å². The molecule has 1 aliphatic rings. The summed E-state index contributed by atoms with van der Waals surface area (Å²) in [5.74, 6) is -0.142. The Labute approximate surface area is 143 Å². The van der Waals surface area contributed by atoms with Crippen LogP contribution in [0.3, 0.4) is 0 Å². The third-order valence-corrected chi connectivity index (χ3v) is 3.30. The molecule has 24 heavy (non-hydrogen) atoms. The minimum atomic E-state index is -0.453. The van der Waals surface area contributed by atoms with E-state index in [1.165, 1.54) is 5.12 Å². The smallest absolute Gasteiger partial charge is 0.256 e. The molecule has 1 aliphatic heterocycles. The van der Waals surface area contributed by atoms with E-state index in [-0.39, 0.29) is 5.91 Å². The maximum atomic E-state index is 12.6. The molecule has 0 radical (unpaired) electrons. The first kappa shape index (κ1) is 21.5. The Morgan fingerprint density at radius 2 is 1.83 bits per heavy atom. The van der Waals surface area contributed by atoms with E-state index < -0.39 is 6.10 Å². The van der Waals surface area contributed by atoms with Crippen LogP contribution in [0.25, 0.3) is 0 Å². The number of rotatable bonds is 4. The van der Waals surface area contributed by atoms with Crippen molar-refractivity contribution in [1.82, 2.24) is 4.90 Å². The van der Waals surface area contributed by atoms with Crippen molar-refractivity contribution in [1.29, 1.82) is 0 Å². The largest absolute Gasteiger partial charge is 0.391 e. The van der Waals surface area contributed by atoms with Crippen LogP contribution in [-0.4, -0.2) is 55.3 Å². The highest BCUT2D eigenvalue weighted by Crippen LogP contribution is 2.24. The number of aliphatic hydroxyl groups is 1. The van der Waals surface area contributed by atoms with E-state index in [0.29, 0.717) is 24.3 Å². The number of β-amino-alcohol motifs (C(OH)–C–C–N with tert-alkyl or cyclic N) is 1. The lowest BCUT2D eigenvalue weighted by atomic mass is 10.1. The molecule has 132 valence electrons. The maximum Gasteiger partial charge on any atom is 0.256 e. The third-order valence-electron chi connectivity index (χ3n) is 3.30. The standard InChI is InChI=1S/C14H18N4O2.C2H6.CH2O/c1-15-18(16-2)13-8-4-3-7-12(13)14(20)17-9-5-6-11(19)10-17;2*1-2/h3-4,7-8,11,19H,1-2,5-6,9-10H2;1-2H3;1H2/t11-;;/m1../s1. The number of carbonyl (C=O) groups excluding carboxylic acids is 2. The van der Waals surface area contributed by atoms with E-state index in [1.54, 1.807) is 29.2 Å². The lowest BCUT2D eigenvalue weighted by Gasteiger charge is -2.31. The van der Waals surface area contributed by atoms with Crippen LogP contribution in [0.15, 0.2) is 34.5 Å². The van der Waals surface area contributed by atoms with Crippen LogP contribution in [0, 0.1) is 0 Å². The van der Waals surface area contributed by atoms with Gasteiger partial charge in [-0.3, -0.25) is 4.79 Å². The number of para-hydroxylation sites is 1. The summed E-state index contributed by atoms with van der Waals surface area (Å²) in [6.45, 7) is 13.8. The van der Waals surface area contributed by atoms with Crippen molar-refractivity contribution < 1.29 is 14.7 Å². The summed E-state index contributed by atoms with van der Waals surface area (Å²) >= 11 is 0. The second kappa shape index (κ2) is 12.0. The molecular weight excluding hydrogens is 308 g/mol. The Bertz CT molecular complexity index is 528. The average Bonchev–Trinajstić information content (AvgIpc) is 2.66. The fourth-order valence-electron chi connectivity index (χ4n) is 2.34. The van der Waals surface area contributed by atoms with E-state index >= 15 is 0 Å². The highest BCUT2D eigenvalue weighted by Gasteiger charge is 2.25. The summed E-state index contributed by atoms with van der Waals surface area (Å²) < 4.78 is 0. The Balaban J connectivity index is 0.00000123. The van der Waals surface area contributed by atoms with Crippen LogP contribution >= 0.6 is 0 Å². The molecule has 7 nitrogen and oxygen atoms in total. The molecule has 0 saturated carbocycles. The summed E-state index contributed by atoms with van der Waals surface area (Å²) in [6.07, 6.45) is 1.09. The molecule has 1 aromatic carbocycles. The Morgan fingerprint density at radius 1 is 1.25 bits per heavy atom. The van der Waals surface area contributed by atoms with Crippen LogP contribution < -0.4 is 5.12 Å². The maximum absolute atomic E-state index is 12.6. The van der Waals surface area contributed by atoms with E-state index in [9.17, 15) is 9.90 Å². The summed E-state index contributed by atoms with van der Waals surface area (Å²) in [6, 6.07) is 7.01. The molecule has 7 heteroatoms. The molecule has 0 aliphatic carbocycles. The molecule has 1 aromatic rings. The number of amides is 1. The van der Waals surface area contributed by atoms with Crippen LogP contribution in [0.4, 0.5) is 5.69 Å². The number of hydrogen-bond acceptors (Lipinski definition) is 6. The summed E-state index contributed by atoms with van der Waals surface area (Å²) in [7, 11) is 0. The number of likely N-dealkylation sites (tertiary alicyclic amines) is 1. The lowest BCUT2D eigenvalue weighted by molar-refractivity contribution is -0.0980. The van der Waals surface area contributed by atoms with Gasteiger partial charge in [-0.15, -0.1) is 0 Å². The Kier molecular flexibility index (Phi) is 10.7. The van der Waals surface area contributed by atoms with Crippen LogP contribution in [0.5, 0.6) is 0 Å². The van der Waals surface area contributed by atoms with E-state index in [2.05, 4.69) is 23.6 Å². The SMILES string of the molecule is C=NN(N=C)c1ccccc1C(=O)N1CCC[C@@H](O)C1.C=O.CC.